The fraction of sp³-hybridized carbons (Fsp3) is 0.633. The monoisotopic (exact) mass is 452 g/mol. The largest absolute Gasteiger partial charge is 0.493 e. The van der Waals surface area contributed by atoms with Gasteiger partial charge in [-0.3, -0.25) is 0 Å². The van der Waals surface area contributed by atoms with Crippen LogP contribution in [0.25, 0.3) is 0 Å². The second-order valence-electron chi connectivity index (χ2n) is 11.3. The van der Waals surface area contributed by atoms with Crippen molar-refractivity contribution in [3.8, 4) is 5.75 Å². The minimum absolute atomic E-state index is 0.205. The van der Waals surface area contributed by atoms with Gasteiger partial charge in [-0.1, -0.05) is 52.8 Å². The minimum atomic E-state index is -0.264. The highest BCUT2D eigenvalue weighted by Crippen LogP contribution is 2.56. The smallest absolute Gasteiger partial charge is 0.330 e. The van der Waals surface area contributed by atoms with Gasteiger partial charge in [0.05, 0.1) is 13.2 Å². The van der Waals surface area contributed by atoms with Crippen molar-refractivity contribution in [3.63, 3.8) is 0 Å². The van der Waals surface area contributed by atoms with Gasteiger partial charge in [-0.15, -0.1) is 0 Å². The molecule has 0 heterocycles. The summed E-state index contributed by atoms with van der Waals surface area (Å²) in [6, 6.07) is 4.90. The minimum Gasteiger partial charge on any atom is -0.493 e. The number of fused-ring (bicyclic) bond motifs is 1. The second-order valence-corrected chi connectivity index (χ2v) is 11.3. The van der Waals surface area contributed by atoms with Gasteiger partial charge in [0.2, 0.25) is 0 Å². The molecule has 0 N–H and O–H groups in total. The molecule has 2 atom stereocenters. The Hall–Kier alpha value is -2.03. The summed E-state index contributed by atoms with van der Waals surface area (Å²) in [6.07, 6.45) is 12.7. The zero-order chi connectivity index (χ0) is 24.2. The summed E-state index contributed by atoms with van der Waals surface area (Å²) < 4.78 is 11.3. The molecule has 0 radical (unpaired) electrons. The van der Waals surface area contributed by atoms with Gasteiger partial charge in [-0.05, 0) is 103 Å². The van der Waals surface area contributed by atoms with E-state index < -0.39 is 0 Å². The van der Waals surface area contributed by atoms with E-state index in [9.17, 15) is 4.79 Å². The van der Waals surface area contributed by atoms with Gasteiger partial charge in [0, 0.05) is 6.08 Å². The van der Waals surface area contributed by atoms with Crippen LogP contribution in [0.15, 0.2) is 35.9 Å². The summed E-state index contributed by atoms with van der Waals surface area (Å²) in [5.41, 5.74) is 5.81. The number of benzene rings is 1. The third kappa shape index (κ3) is 6.31. The molecule has 0 amide bonds. The van der Waals surface area contributed by atoms with Gasteiger partial charge < -0.3 is 9.47 Å². The van der Waals surface area contributed by atoms with Crippen molar-refractivity contribution in [3.05, 3.63) is 52.6 Å². The zero-order valence-electron chi connectivity index (χ0n) is 21.9. The SMILES string of the molecule is CCCOc1cc2c(cc1C1CC1CCC=CC(C)=CC(=O)OCC)C(C)(C)CCC2(C)C. The average Bonchev–Trinajstić information content (AvgIpc) is 3.52. The van der Waals surface area contributed by atoms with E-state index in [4.69, 9.17) is 9.47 Å². The quantitative estimate of drug-likeness (QED) is 0.207. The molecular weight excluding hydrogens is 408 g/mol. The van der Waals surface area contributed by atoms with E-state index in [1.54, 1.807) is 6.08 Å². The molecule has 1 aromatic carbocycles. The maximum absolute atomic E-state index is 11.6. The number of esters is 1. The Morgan fingerprint density at radius 2 is 1.76 bits per heavy atom. The Bertz CT molecular complexity index is 903. The van der Waals surface area contributed by atoms with Crippen LogP contribution in [0.1, 0.15) is 110 Å². The average molecular weight is 453 g/mol. The summed E-state index contributed by atoms with van der Waals surface area (Å²) in [7, 11) is 0. The van der Waals surface area contributed by atoms with E-state index in [2.05, 4.69) is 52.8 Å². The molecule has 2 unspecified atom stereocenters. The molecule has 1 aromatic rings. The fourth-order valence-electron chi connectivity index (χ4n) is 5.18. The van der Waals surface area contributed by atoms with Crippen molar-refractivity contribution < 1.29 is 14.3 Å². The van der Waals surface area contributed by atoms with Crippen LogP contribution in [-0.2, 0) is 20.4 Å². The van der Waals surface area contributed by atoms with E-state index in [1.807, 2.05) is 19.9 Å². The molecule has 1 saturated carbocycles. The first kappa shape index (κ1) is 25.6. The lowest BCUT2D eigenvalue weighted by Crippen LogP contribution is -2.34. The van der Waals surface area contributed by atoms with Gasteiger partial charge in [0.1, 0.15) is 5.75 Å². The Kier molecular flexibility index (Phi) is 8.13. The lowest BCUT2D eigenvalue weighted by Gasteiger charge is -2.42. The molecule has 0 bridgehead atoms. The van der Waals surface area contributed by atoms with E-state index in [0.29, 0.717) is 18.4 Å². The highest BCUT2D eigenvalue weighted by Gasteiger charge is 2.43. The Morgan fingerprint density at radius 3 is 2.39 bits per heavy atom. The molecule has 33 heavy (non-hydrogen) atoms. The van der Waals surface area contributed by atoms with Crippen molar-refractivity contribution in [2.75, 3.05) is 13.2 Å². The van der Waals surface area contributed by atoms with Crippen molar-refractivity contribution in [2.24, 2.45) is 5.92 Å². The predicted molar refractivity (Wildman–Crippen MR) is 137 cm³/mol. The molecule has 0 spiro atoms. The molecule has 3 nitrogen and oxygen atoms in total. The number of ether oxygens (including phenoxy) is 2. The summed E-state index contributed by atoms with van der Waals surface area (Å²) in [6.45, 7) is 16.7. The molecule has 2 aliphatic rings. The first-order valence-electron chi connectivity index (χ1n) is 12.9. The second kappa shape index (κ2) is 10.5. The summed E-state index contributed by atoms with van der Waals surface area (Å²) in [5, 5.41) is 0. The molecule has 0 saturated heterocycles. The van der Waals surface area contributed by atoms with E-state index >= 15 is 0 Å². The number of carbonyl (C=O) groups is 1. The first-order chi connectivity index (χ1) is 15.6. The van der Waals surface area contributed by atoms with E-state index in [-0.39, 0.29) is 16.8 Å². The summed E-state index contributed by atoms with van der Waals surface area (Å²) >= 11 is 0. The van der Waals surface area contributed by atoms with Crippen LogP contribution < -0.4 is 4.74 Å². The maximum atomic E-state index is 11.6. The first-order valence-corrected chi connectivity index (χ1v) is 12.9. The number of hydrogen-bond donors (Lipinski definition) is 0. The van der Waals surface area contributed by atoms with Crippen LogP contribution in [0.3, 0.4) is 0 Å². The normalized spacial score (nSPS) is 23.3. The lowest BCUT2D eigenvalue weighted by atomic mass is 9.62. The Labute approximate surface area is 201 Å². The topological polar surface area (TPSA) is 35.5 Å². The molecule has 0 aromatic heterocycles. The molecule has 182 valence electrons. The number of hydrogen-bond acceptors (Lipinski definition) is 3. The van der Waals surface area contributed by atoms with Gasteiger partial charge in [-0.25, -0.2) is 4.79 Å². The van der Waals surface area contributed by atoms with Crippen molar-refractivity contribution in [2.45, 2.75) is 104 Å². The van der Waals surface area contributed by atoms with Crippen LogP contribution in [0.4, 0.5) is 0 Å². The Balaban J connectivity index is 1.72. The van der Waals surface area contributed by atoms with Crippen LogP contribution in [0.5, 0.6) is 5.75 Å². The number of allylic oxidation sites excluding steroid dienone is 3. The number of carbonyl (C=O) groups excluding carboxylic acids is 1. The van der Waals surface area contributed by atoms with Crippen LogP contribution >= 0.6 is 0 Å². The van der Waals surface area contributed by atoms with Crippen LogP contribution in [0, 0.1) is 5.92 Å². The van der Waals surface area contributed by atoms with Crippen molar-refractivity contribution >= 4 is 5.97 Å². The van der Waals surface area contributed by atoms with E-state index in [1.165, 1.54) is 42.4 Å². The van der Waals surface area contributed by atoms with Crippen LogP contribution in [0.2, 0.25) is 0 Å². The zero-order valence-corrected chi connectivity index (χ0v) is 21.9. The summed E-state index contributed by atoms with van der Waals surface area (Å²) in [4.78, 5) is 11.6. The standard InChI is InChI=1S/C30H44O3/c1-8-16-33-27-20-26-25(29(4,5)14-15-30(26,6)7)19-24(27)23-18-22(23)13-11-10-12-21(3)17-28(31)32-9-2/h10,12,17,19-20,22-23H,8-9,11,13-16,18H2,1-7H3. The molecule has 0 aliphatic heterocycles. The molecular formula is C30H44O3. The fourth-order valence-corrected chi connectivity index (χ4v) is 5.18. The van der Waals surface area contributed by atoms with E-state index in [0.717, 1.165) is 30.8 Å². The van der Waals surface area contributed by atoms with Gasteiger partial charge in [-0.2, -0.15) is 0 Å². The van der Waals surface area contributed by atoms with Gasteiger partial charge in [0.25, 0.3) is 0 Å². The highest BCUT2D eigenvalue weighted by atomic mass is 16.5. The lowest BCUT2D eigenvalue weighted by molar-refractivity contribution is -0.137. The summed E-state index contributed by atoms with van der Waals surface area (Å²) in [5.74, 6) is 2.18. The van der Waals surface area contributed by atoms with Gasteiger partial charge >= 0.3 is 5.97 Å². The van der Waals surface area contributed by atoms with Crippen LogP contribution in [-0.4, -0.2) is 19.2 Å². The molecule has 3 rings (SSSR count). The maximum Gasteiger partial charge on any atom is 0.330 e. The highest BCUT2D eigenvalue weighted by molar-refractivity contribution is 5.83. The van der Waals surface area contributed by atoms with Gasteiger partial charge in [0.15, 0.2) is 0 Å². The van der Waals surface area contributed by atoms with Crippen molar-refractivity contribution in [1.29, 1.82) is 0 Å². The third-order valence-corrected chi connectivity index (χ3v) is 7.48. The molecule has 1 fully saturated rings. The third-order valence-electron chi connectivity index (χ3n) is 7.48. The number of rotatable bonds is 10. The predicted octanol–water partition coefficient (Wildman–Crippen LogP) is 7.77. The molecule has 2 aliphatic carbocycles. The Morgan fingerprint density at radius 1 is 1.09 bits per heavy atom. The molecule has 3 heteroatoms. The van der Waals surface area contributed by atoms with Crippen molar-refractivity contribution in [1.82, 2.24) is 0 Å².